The Morgan fingerprint density at radius 3 is 2.70 bits per heavy atom. The number of halogens is 1. The van der Waals surface area contributed by atoms with Crippen LogP contribution in [0.2, 0.25) is 5.02 Å². The molecule has 1 amide bonds. The highest BCUT2D eigenvalue weighted by atomic mass is 35.5. The molecule has 0 spiro atoms. The second-order valence-electron chi connectivity index (χ2n) is 5.59. The van der Waals surface area contributed by atoms with Crippen LogP contribution in [-0.4, -0.2) is 22.4 Å². The van der Waals surface area contributed by atoms with Crippen LogP contribution in [0.25, 0.3) is 11.3 Å². The van der Waals surface area contributed by atoms with Crippen molar-refractivity contribution in [3.05, 3.63) is 68.5 Å². The summed E-state index contributed by atoms with van der Waals surface area (Å²) in [5, 5.41) is 16.3. The summed E-state index contributed by atoms with van der Waals surface area (Å²) >= 11 is 7.17. The number of amides is 1. The number of nitro groups is 1. The first-order valence-electron chi connectivity index (χ1n) is 7.81. The van der Waals surface area contributed by atoms with E-state index >= 15 is 0 Å². The zero-order chi connectivity index (χ0) is 19.4. The maximum atomic E-state index is 12.1. The number of aryl methyl sites for hydroxylation is 1. The van der Waals surface area contributed by atoms with Crippen molar-refractivity contribution in [3.8, 4) is 17.0 Å². The van der Waals surface area contributed by atoms with Crippen molar-refractivity contribution >= 4 is 39.7 Å². The van der Waals surface area contributed by atoms with Crippen LogP contribution in [0, 0.1) is 17.0 Å². The second-order valence-corrected chi connectivity index (χ2v) is 6.88. The quantitative estimate of drug-likeness (QED) is 0.475. The molecule has 0 fully saturated rings. The lowest BCUT2D eigenvalue weighted by molar-refractivity contribution is -0.384. The molecule has 0 saturated carbocycles. The van der Waals surface area contributed by atoms with Crippen LogP contribution in [0.4, 0.5) is 10.8 Å². The van der Waals surface area contributed by atoms with E-state index in [0.29, 0.717) is 21.5 Å². The van der Waals surface area contributed by atoms with Crippen molar-refractivity contribution in [1.29, 1.82) is 0 Å². The average molecular weight is 404 g/mol. The molecule has 138 valence electrons. The van der Waals surface area contributed by atoms with Gasteiger partial charge in [-0.15, -0.1) is 11.3 Å². The second kappa shape index (κ2) is 8.15. The molecule has 2 aromatic carbocycles. The van der Waals surface area contributed by atoms with Gasteiger partial charge >= 0.3 is 0 Å². The van der Waals surface area contributed by atoms with Gasteiger partial charge in [0.2, 0.25) is 0 Å². The number of anilines is 1. The van der Waals surface area contributed by atoms with Crippen molar-refractivity contribution in [2.24, 2.45) is 0 Å². The highest BCUT2D eigenvalue weighted by Crippen LogP contribution is 2.26. The number of ether oxygens (including phenoxy) is 1. The molecule has 0 atom stereocenters. The normalized spacial score (nSPS) is 10.4. The Morgan fingerprint density at radius 2 is 2.04 bits per heavy atom. The molecule has 0 bridgehead atoms. The first-order valence-corrected chi connectivity index (χ1v) is 9.07. The summed E-state index contributed by atoms with van der Waals surface area (Å²) in [6.45, 7) is 1.45. The summed E-state index contributed by atoms with van der Waals surface area (Å²) in [6, 6.07) is 11.4. The van der Waals surface area contributed by atoms with Gasteiger partial charge in [0.25, 0.3) is 11.6 Å². The summed E-state index contributed by atoms with van der Waals surface area (Å²) < 4.78 is 5.44. The topological polar surface area (TPSA) is 94.4 Å². The molecule has 3 rings (SSSR count). The van der Waals surface area contributed by atoms with E-state index in [2.05, 4.69) is 10.3 Å². The largest absolute Gasteiger partial charge is 0.483 e. The maximum Gasteiger partial charge on any atom is 0.269 e. The van der Waals surface area contributed by atoms with E-state index < -0.39 is 4.92 Å². The van der Waals surface area contributed by atoms with Crippen molar-refractivity contribution in [3.63, 3.8) is 0 Å². The number of carbonyl (C=O) groups is 1. The van der Waals surface area contributed by atoms with Gasteiger partial charge in [-0.05, 0) is 30.7 Å². The molecule has 9 heteroatoms. The van der Waals surface area contributed by atoms with Gasteiger partial charge in [0.15, 0.2) is 11.7 Å². The van der Waals surface area contributed by atoms with E-state index in [0.717, 1.165) is 11.3 Å². The van der Waals surface area contributed by atoms with Gasteiger partial charge in [-0.2, -0.15) is 0 Å². The van der Waals surface area contributed by atoms with Gasteiger partial charge in [-0.25, -0.2) is 4.98 Å². The first kappa shape index (κ1) is 18.8. The van der Waals surface area contributed by atoms with E-state index in [9.17, 15) is 14.9 Å². The highest BCUT2D eigenvalue weighted by molar-refractivity contribution is 7.14. The SMILES string of the molecule is Cc1cc([N+](=O)[O-])ccc1OCC(=O)Nc1nc(-c2ccc(Cl)cc2)cs1. The maximum absolute atomic E-state index is 12.1. The lowest BCUT2D eigenvalue weighted by atomic mass is 10.2. The van der Waals surface area contributed by atoms with Crippen LogP contribution < -0.4 is 10.1 Å². The number of carbonyl (C=O) groups excluding carboxylic acids is 1. The molecule has 3 aromatic rings. The van der Waals surface area contributed by atoms with Gasteiger partial charge < -0.3 is 4.74 Å². The monoisotopic (exact) mass is 403 g/mol. The van der Waals surface area contributed by atoms with E-state index in [-0.39, 0.29) is 18.2 Å². The predicted molar refractivity (Wildman–Crippen MR) is 105 cm³/mol. The molecule has 1 aromatic heterocycles. The number of nitrogens with one attached hydrogen (secondary N) is 1. The summed E-state index contributed by atoms with van der Waals surface area (Å²) in [5.74, 6) is 0.0431. The van der Waals surface area contributed by atoms with Crippen molar-refractivity contribution in [2.45, 2.75) is 6.92 Å². The number of nitro benzene ring substituents is 1. The Kier molecular flexibility index (Phi) is 5.68. The minimum Gasteiger partial charge on any atom is -0.483 e. The number of hydrogen-bond acceptors (Lipinski definition) is 6. The third-order valence-electron chi connectivity index (χ3n) is 3.62. The van der Waals surface area contributed by atoms with E-state index in [1.165, 1.54) is 29.5 Å². The third-order valence-corrected chi connectivity index (χ3v) is 4.63. The van der Waals surface area contributed by atoms with E-state index in [4.69, 9.17) is 16.3 Å². The number of non-ortho nitro benzene ring substituents is 1. The van der Waals surface area contributed by atoms with Crippen LogP contribution in [0.15, 0.2) is 47.8 Å². The van der Waals surface area contributed by atoms with E-state index in [1.54, 1.807) is 19.1 Å². The van der Waals surface area contributed by atoms with Crippen LogP contribution in [-0.2, 0) is 4.79 Å². The highest BCUT2D eigenvalue weighted by Gasteiger charge is 2.12. The third kappa shape index (κ3) is 4.81. The molecule has 0 aliphatic rings. The molecular formula is C18H14ClN3O4S. The fraction of sp³-hybridized carbons (Fsp3) is 0.111. The molecule has 1 heterocycles. The fourth-order valence-electron chi connectivity index (χ4n) is 2.29. The standard InChI is InChI=1S/C18H14ClN3O4S/c1-11-8-14(22(24)25)6-7-16(11)26-9-17(23)21-18-20-15(10-27-18)12-2-4-13(19)5-3-12/h2-8,10H,9H2,1H3,(H,20,21,23). The molecule has 0 unspecified atom stereocenters. The van der Waals surface area contributed by atoms with Gasteiger partial charge in [-0.3, -0.25) is 20.2 Å². The summed E-state index contributed by atoms with van der Waals surface area (Å²) in [7, 11) is 0. The Hall–Kier alpha value is -2.97. The number of aromatic nitrogens is 1. The number of benzene rings is 2. The Labute approximate surface area is 163 Å². The summed E-state index contributed by atoms with van der Waals surface area (Å²) in [5.41, 5.74) is 2.19. The van der Waals surface area contributed by atoms with Crippen LogP contribution in [0.3, 0.4) is 0 Å². The van der Waals surface area contributed by atoms with Crippen LogP contribution in [0.1, 0.15) is 5.56 Å². The summed E-state index contributed by atoms with van der Waals surface area (Å²) in [4.78, 5) is 26.7. The first-order chi connectivity index (χ1) is 12.9. The Morgan fingerprint density at radius 1 is 1.30 bits per heavy atom. The Bertz CT molecular complexity index is 989. The number of nitrogens with zero attached hydrogens (tertiary/aromatic N) is 2. The minimum atomic E-state index is -0.482. The molecule has 7 nitrogen and oxygen atoms in total. The van der Waals surface area contributed by atoms with Gasteiger partial charge in [0.05, 0.1) is 10.6 Å². The number of thiazole rings is 1. The molecule has 0 aliphatic heterocycles. The zero-order valence-corrected chi connectivity index (χ0v) is 15.7. The molecule has 0 saturated heterocycles. The molecule has 27 heavy (non-hydrogen) atoms. The zero-order valence-electron chi connectivity index (χ0n) is 14.1. The van der Waals surface area contributed by atoms with Gasteiger partial charge in [0, 0.05) is 28.1 Å². The number of hydrogen-bond donors (Lipinski definition) is 1. The molecule has 1 N–H and O–H groups in total. The van der Waals surface area contributed by atoms with Gasteiger partial charge in [-0.1, -0.05) is 23.7 Å². The Balaban J connectivity index is 1.58. The minimum absolute atomic E-state index is 0.0261. The predicted octanol–water partition coefficient (Wildman–Crippen LogP) is 4.70. The van der Waals surface area contributed by atoms with Gasteiger partial charge in [0.1, 0.15) is 5.75 Å². The van der Waals surface area contributed by atoms with E-state index in [1.807, 2.05) is 17.5 Å². The van der Waals surface area contributed by atoms with Crippen LogP contribution in [0.5, 0.6) is 5.75 Å². The molecule has 0 aliphatic carbocycles. The van der Waals surface area contributed by atoms with Crippen molar-refractivity contribution < 1.29 is 14.5 Å². The van der Waals surface area contributed by atoms with Crippen LogP contribution >= 0.6 is 22.9 Å². The number of rotatable bonds is 6. The van der Waals surface area contributed by atoms with Crippen molar-refractivity contribution in [2.75, 3.05) is 11.9 Å². The lowest BCUT2D eigenvalue weighted by Gasteiger charge is -2.08. The average Bonchev–Trinajstić information content (AvgIpc) is 3.09. The molecule has 0 radical (unpaired) electrons. The fourth-order valence-corrected chi connectivity index (χ4v) is 3.15. The van der Waals surface area contributed by atoms with Crippen molar-refractivity contribution in [1.82, 2.24) is 4.98 Å². The summed E-state index contributed by atoms with van der Waals surface area (Å²) in [6.07, 6.45) is 0. The smallest absolute Gasteiger partial charge is 0.269 e. The molecular weight excluding hydrogens is 390 g/mol. The lowest BCUT2D eigenvalue weighted by Crippen LogP contribution is -2.20.